The summed E-state index contributed by atoms with van der Waals surface area (Å²) in [5.74, 6) is -0.911. The highest BCUT2D eigenvalue weighted by Gasteiger charge is 2.35. The van der Waals surface area contributed by atoms with Gasteiger partial charge in [-0.05, 0) is 49.2 Å². The van der Waals surface area contributed by atoms with Gasteiger partial charge in [0.2, 0.25) is 0 Å². The van der Waals surface area contributed by atoms with E-state index in [1.807, 2.05) is 24.3 Å². The van der Waals surface area contributed by atoms with Crippen molar-refractivity contribution in [1.29, 1.82) is 0 Å². The van der Waals surface area contributed by atoms with Gasteiger partial charge in [0, 0.05) is 24.0 Å². The molecule has 1 aliphatic rings. The molecule has 1 heterocycles. The molecule has 0 N–H and O–H groups in total. The molecule has 0 atom stereocenters. The quantitative estimate of drug-likeness (QED) is 0.530. The highest BCUT2D eigenvalue weighted by molar-refractivity contribution is 6.30. The first-order valence-corrected chi connectivity index (χ1v) is 10.8. The molecule has 6 nitrogen and oxygen atoms in total. The molecule has 0 aromatic heterocycles. The first-order chi connectivity index (χ1) is 15.5. The van der Waals surface area contributed by atoms with Gasteiger partial charge in [0.1, 0.15) is 5.75 Å². The number of halogens is 1. The summed E-state index contributed by atoms with van der Waals surface area (Å²) in [4.78, 5) is 27.7. The smallest absolute Gasteiger partial charge is 0.336 e. The lowest BCUT2D eigenvalue weighted by Crippen LogP contribution is -2.29. The Hall–Kier alpha value is -3.25. The van der Waals surface area contributed by atoms with Gasteiger partial charge in [-0.3, -0.25) is 0 Å². The van der Waals surface area contributed by atoms with Crippen molar-refractivity contribution < 1.29 is 23.8 Å². The van der Waals surface area contributed by atoms with E-state index < -0.39 is 17.9 Å². The molecular formula is C25H26ClNO5. The number of hydrogen-bond donors (Lipinski definition) is 0. The zero-order valence-electron chi connectivity index (χ0n) is 18.3. The second-order valence-corrected chi connectivity index (χ2v) is 7.55. The van der Waals surface area contributed by atoms with E-state index in [4.69, 9.17) is 25.8 Å². The van der Waals surface area contributed by atoms with Crippen LogP contribution in [0.4, 0.5) is 0 Å². The van der Waals surface area contributed by atoms with Crippen molar-refractivity contribution in [2.24, 2.45) is 0 Å². The van der Waals surface area contributed by atoms with Gasteiger partial charge < -0.3 is 19.1 Å². The van der Waals surface area contributed by atoms with E-state index in [2.05, 4.69) is 0 Å². The van der Waals surface area contributed by atoms with Crippen molar-refractivity contribution in [3.05, 3.63) is 88.2 Å². The SMILES string of the molecule is CCOC(=O)C1=CN(Cc2ccc(Cl)cc2)C=C(C(=O)OCC)C1c1ccc(OC)cc1. The number of hydrogen-bond acceptors (Lipinski definition) is 6. The molecule has 0 radical (unpaired) electrons. The van der Waals surface area contributed by atoms with Gasteiger partial charge in [0.25, 0.3) is 0 Å². The van der Waals surface area contributed by atoms with E-state index >= 15 is 0 Å². The van der Waals surface area contributed by atoms with E-state index in [1.54, 1.807) is 62.5 Å². The number of ether oxygens (including phenoxy) is 3. The van der Waals surface area contributed by atoms with Gasteiger partial charge in [0.05, 0.1) is 37.4 Å². The molecule has 0 saturated carbocycles. The molecule has 0 saturated heterocycles. The van der Waals surface area contributed by atoms with Crippen LogP contribution in [-0.2, 0) is 25.6 Å². The highest BCUT2D eigenvalue weighted by atomic mass is 35.5. The Labute approximate surface area is 193 Å². The van der Waals surface area contributed by atoms with Crippen LogP contribution in [0.2, 0.25) is 5.02 Å². The third-order valence-electron chi connectivity index (χ3n) is 4.98. The second kappa shape index (κ2) is 10.9. The number of benzene rings is 2. The number of nitrogens with zero attached hydrogens (tertiary/aromatic N) is 1. The molecule has 0 spiro atoms. The van der Waals surface area contributed by atoms with Crippen LogP contribution in [0.15, 0.2) is 72.1 Å². The van der Waals surface area contributed by atoms with Crippen molar-refractivity contribution in [3.8, 4) is 5.75 Å². The maximum atomic E-state index is 12.9. The summed E-state index contributed by atoms with van der Waals surface area (Å²) in [5.41, 5.74) is 2.44. The van der Waals surface area contributed by atoms with Crippen LogP contribution in [0.25, 0.3) is 0 Å². The largest absolute Gasteiger partial charge is 0.497 e. The van der Waals surface area contributed by atoms with Crippen LogP contribution >= 0.6 is 11.6 Å². The zero-order chi connectivity index (χ0) is 23.1. The Morgan fingerprint density at radius 2 is 1.41 bits per heavy atom. The molecule has 2 aromatic rings. The Morgan fingerprint density at radius 3 is 1.88 bits per heavy atom. The first kappa shape index (κ1) is 23.4. The summed E-state index contributed by atoms with van der Waals surface area (Å²) in [6.45, 7) is 4.38. The average Bonchev–Trinajstić information content (AvgIpc) is 2.80. The van der Waals surface area contributed by atoms with Crippen molar-refractivity contribution in [2.75, 3.05) is 20.3 Å². The van der Waals surface area contributed by atoms with Gasteiger partial charge >= 0.3 is 11.9 Å². The molecule has 0 unspecified atom stereocenters. The molecule has 7 heteroatoms. The number of methoxy groups -OCH3 is 1. The van der Waals surface area contributed by atoms with Crippen molar-refractivity contribution in [2.45, 2.75) is 26.3 Å². The molecule has 0 fully saturated rings. The maximum absolute atomic E-state index is 12.9. The van der Waals surface area contributed by atoms with Crippen LogP contribution in [0.3, 0.4) is 0 Å². The molecule has 1 aliphatic heterocycles. The Balaban J connectivity index is 2.06. The fourth-order valence-electron chi connectivity index (χ4n) is 3.53. The molecule has 0 aliphatic carbocycles. The fourth-order valence-corrected chi connectivity index (χ4v) is 3.65. The summed E-state index contributed by atoms with van der Waals surface area (Å²) < 4.78 is 15.9. The lowest BCUT2D eigenvalue weighted by atomic mass is 9.83. The van der Waals surface area contributed by atoms with Crippen LogP contribution in [0.1, 0.15) is 30.9 Å². The third kappa shape index (κ3) is 5.51. The van der Waals surface area contributed by atoms with Crippen LogP contribution < -0.4 is 4.74 Å². The summed E-state index contributed by atoms with van der Waals surface area (Å²) in [7, 11) is 1.58. The normalized spacial score (nSPS) is 13.8. The number of esters is 2. The monoisotopic (exact) mass is 455 g/mol. The minimum atomic E-state index is -0.625. The molecular weight excluding hydrogens is 430 g/mol. The van der Waals surface area contributed by atoms with Crippen molar-refractivity contribution >= 4 is 23.5 Å². The van der Waals surface area contributed by atoms with E-state index in [-0.39, 0.29) is 13.2 Å². The second-order valence-electron chi connectivity index (χ2n) is 7.11. The number of carbonyl (C=O) groups is 2. The van der Waals surface area contributed by atoms with E-state index in [0.717, 1.165) is 11.1 Å². The summed E-state index contributed by atoms with van der Waals surface area (Å²) >= 11 is 5.99. The van der Waals surface area contributed by atoms with E-state index in [9.17, 15) is 9.59 Å². The Kier molecular flexibility index (Phi) is 7.95. The summed E-state index contributed by atoms with van der Waals surface area (Å²) in [5, 5.41) is 0.637. The molecule has 32 heavy (non-hydrogen) atoms. The molecule has 0 bridgehead atoms. The number of rotatable bonds is 8. The predicted molar refractivity (Wildman–Crippen MR) is 122 cm³/mol. The minimum Gasteiger partial charge on any atom is -0.497 e. The van der Waals surface area contributed by atoms with Gasteiger partial charge in [0.15, 0.2) is 0 Å². The van der Waals surface area contributed by atoms with Crippen LogP contribution in [0, 0.1) is 0 Å². The summed E-state index contributed by atoms with van der Waals surface area (Å²) in [6, 6.07) is 14.6. The van der Waals surface area contributed by atoms with E-state index in [1.165, 1.54) is 0 Å². The topological polar surface area (TPSA) is 65.1 Å². The highest BCUT2D eigenvalue weighted by Crippen LogP contribution is 2.38. The lowest BCUT2D eigenvalue weighted by molar-refractivity contribution is -0.139. The van der Waals surface area contributed by atoms with Gasteiger partial charge in [-0.25, -0.2) is 9.59 Å². The predicted octanol–water partition coefficient (Wildman–Crippen LogP) is 4.84. The molecule has 0 amide bonds. The number of carbonyl (C=O) groups excluding carboxylic acids is 2. The third-order valence-corrected chi connectivity index (χ3v) is 5.23. The summed E-state index contributed by atoms with van der Waals surface area (Å²) in [6.07, 6.45) is 3.45. The minimum absolute atomic E-state index is 0.223. The first-order valence-electron chi connectivity index (χ1n) is 10.4. The lowest BCUT2D eigenvalue weighted by Gasteiger charge is -2.30. The average molecular weight is 456 g/mol. The van der Waals surface area contributed by atoms with Crippen LogP contribution in [-0.4, -0.2) is 37.2 Å². The standard InChI is InChI=1S/C25H26ClNO5/c1-4-31-24(28)21-15-27(14-17-6-10-19(26)11-7-17)16-22(25(29)32-5-2)23(21)18-8-12-20(30-3)13-9-18/h6-13,15-16,23H,4-5,14H2,1-3H3. The van der Waals surface area contributed by atoms with Crippen LogP contribution in [0.5, 0.6) is 5.75 Å². The Bertz CT molecular complexity index is 976. The Morgan fingerprint density at radius 1 is 0.875 bits per heavy atom. The maximum Gasteiger partial charge on any atom is 0.336 e. The zero-order valence-corrected chi connectivity index (χ0v) is 19.1. The van der Waals surface area contributed by atoms with Gasteiger partial charge in [-0.1, -0.05) is 35.9 Å². The van der Waals surface area contributed by atoms with E-state index in [0.29, 0.717) is 28.5 Å². The molecule has 168 valence electrons. The molecule has 2 aromatic carbocycles. The fraction of sp³-hybridized carbons (Fsp3) is 0.280. The van der Waals surface area contributed by atoms with Crippen molar-refractivity contribution in [1.82, 2.24) is 4.90 Å². The van der Waals surface area contributed by atoms with Gasteiger partial charge in [-0.15, -0.1) is 0 Å². The van der Waals surface area contributed by atoms with Gasteiger partial charge in [-0.2, -0.15) is 0 Å². The molecule has 3 rings (SSSR count). The van der Waals surface area contributed by atoms with Crippen molar-refractivity contribution in [3.63, 3.8) is 0 Å².